The maximum atomic E-state index is 13.3. The molecule has 37 heavy (non-hydrogen) atoms. The number of likely N-dealkylation sites (tertiary alicyclic amines) is 1. The molecule has 10 nitrogen and oxygen atoms in total. The first-order valence-corrected chi connectivity index (χ1v) is 12.0. The highest BCUT2D eigenvalue weighted by molar-refractivity contribution is 6.46. The number of methoxy groups -OCH3 is 1. The van der Waals surface area contributed by atoms with Crippen LogP contribution in [0, 0.1) is 13.8 Å². The minimum absolute atomic E-state index is 0.0293. The second kappa shape index (κ2) is 10.7. The third kappa shape index (κ3) is 4.87. The van der Waals surface area contributed by atoms with Crippen LogP contribution in [0.15, 0.2) is 48.6 Å². The third-order valence-corrected chi connectivity index (χ3v) is 6.49. The molecule has 1 atom stereocenters. The molecule has 0 spiro atoms. The van der Waals surface area contributed by atoms with Gasteiger partial charge in [-0.25, -0.2) is 9.78 Å². The molecule has 0 unspecified atom stereocenters. The molecule has 4 rings (SSSR count). The van der Waals surface area contributed by atoms with Gasteiger partial charge in [0.1, 0.15) is 17.2 Å². The van der Waals surface area contributed by atoms with Gasteiger partial charge in [0.05, 0.1) is 31.7 Å². The first-order chi connectivity index (χ1) is 17.8. The zero-order valence-corrected chi connectivity index (χ0v) is 21.3. The predicted molar refractivity (Wildman–Crippen MR) is 135 cm³/mol. The fourth-order valence-electron chi connectivity index (χ4n) is 4.76. The van der Waals surface area contributed by atoms with Crippen LogP contribution in [-0.2, 0) is 20.9 Å². The van der Waals surface area contributed by atoms with E-state index >= 15 is 0 Å². The Morgan fingerprint density at radius 1 is 1.16 bits per heavy atom. The summed E-state index contributed by atoms with van der Waals surface area (Å²) in [7, 11) is 1.26. The summed E-state index contributed by atoms with van der Waals surface area (Å²) in [5.41, 5.74) is 2.01. The number of aryl methyl sites for hydroxylation is 2. The lowest BCUT2D eigenvalue weighted by Gasteiger charge is -2.25. The van der Waals surface area contributed by atoms with Gasteiger partial charge in [0, 0.05) is 36.7 Å². The van der Waals surface area contributed by atoms with Crippen molar-refractivity contribution in [3.05, 3.63) is 76.6 Å². The van der Waals surface area contributed by atoms with E-state index in [2.05, 4.69) is 9.97 Å². The summed E-state index contributed by atoms with van der Waals surface area (Å²) in [6.45, 7) is 6.61. The highest BCUT2D eigenvalue weighted by Gasteiger charge is 2.46. The number of aliphatic hydroxyl groups is 1. The number of aromatic amines is 1. The zero-order valence-electron chi connectivity index (χ0n) is 21.3. The van der Waals surface area contributed by atoms with Gasteiger partial charge in [0.2, 0.25) is 0 Å². The van der Waals surface area contributed by atoms with Crippen LogP contribution in [0.4, 0.5) is 0 Å². The van der Waals surface area contributed by atoms with Crippen LogP contribution >= 0.6 is 0 Å². The van der Waals surface area contributed by atoms with Crippen molar-refractivity contribution in [2.75, 3.05) is 20.3 Å². The monoisotopic (exact) mass is 506 g/mol. The molecule has 0 aliphatic carbocycles. The average molecular weight is 507 g/mol. The molecule has 3 aromatic rings. The van der Waals surface area contributed by atoms with Gasteiger partial charge in [-0.2, -0.15) is 0 Å². The summed E-state index contributed by atoms with van der Waals surface area (Å²) in [6, 6.07) is 6.30. The number of aliphatic hydroxyl groups excluding tert-OH is 1. The first kappa shape index (κ1) is 25.7. The smallest absolute Gasteiger partial charge is 0.354 e. The topological polar surface area (TPSA) is 127 Å². The van der Waals surface area contributed by atoms with Crippen LogP contribution in [0.5, 0.6) is 5.75 Å². The van der Waals surface area contributed by atoms with Crippen LogP contribution < -0.4 is 4.74 Å². The number of carbonyl (C=O) groups excluding carboxylic acids is 3. The molecule has 1 saturated heterocycles. The van der Waals surface area contributed by atoms with Crippen LogP contribution in [-0.4, -0.2) is 62.5 Å². The summed E-state index contributed by atoms with van der Waals surface area (Å²) in [6.07, 6.45) is 5.77. The minimum atomic E-state index is -0.811. The molecule has 2 N–H and O–H groups in total. The van der Waals surface area contributed by atoms with E-state index in [1.807, 2.05) is 17.7 Å². The lowest BCUT2D eigenvalue weighted by Crippen LogP contribution is -2.31. The number of benzene rings is 1. The molecular formula is C27H30N4O6. The number of nitrogens with zero attached hydrogens (tertiary/aromatic N) is 3. The largest absolute Gasteiger partial charge is 0.507 e. The van der Waals surface area contributed by atoms with Gasteiger partial charge >= 0.3 is 5.97 Å². The molecule has 1 aliphatic heterocycles. The van der Waals surface area contributed by atoms with Gasteiger partial charge < -0.3 is 29.0 Å². The van der Waals surface area contributed by atoms with Crippen molar-refractivity contribution in [2.24, 2.45) is 0 Å². The number of hydrogen-bond acceptors (Lipinski definition) is 7. The number of Topliss-reactive ketones (excluding diaryl/α,β-unsaturated/α-hetero) is 1. The van der Waals surface area contributed by atoms with E-state index in [-0.39, 0.29) is 23.6 Å². The van der Waals surface area contributed by atoms with E-state index in [1.54, 1.807) is 50.6 Å². The van der Waals surface area contributed by atoms with Gasteiger partial charge in [-0.1, -0.05) is 12.1 Å². The Morgan fingerprint density at radius 2 is 1.89 bits per heavy atom. The Bertz CT molecular complexity index is 1340. The fraction of sp³-hybridized carbons (Fsp3) is 0.333. The number of amides is 1. The lowest BCUT2D eigenvalue weighted by molar-refractivity contribution is -0.139. The van der Waals surface area contributed by atoms with Crippen LogP contribution in [0.3, 0.4) is 0 Å². The minimum Gasteiger partial charge on any atom is -0.507 e. The molecule has 2 aromatic heterocycles. The molecule has 1 aliphatic rings. The van der Waals surface area contributed by atoms with E-state index in [0.717, 1.165) is 0 Å². The van der Waals surface area contributed by atoms with Crippen molar-refractivity contribution in [1.82, 2.24) is 19.4 Å². The molecule has 0 saturated carbocycles. The van der Waals surface area contributed by atoms with E-state index in [4.69, 9.17) is 9.47 Å². The van der Waals surface area contributed by atoms with Crippen molar-refractivity contribution in [1.29, 1.82) is 0 Å². The maximum absolute atomic E-state index is 13.3. The number of imidazole rings is 1. The van der Waals surface area contributed by atoms with E-state index < -0.39 is 23.7 Å². The molecular weight excluding hydrogens is 476 g/mol. The number of rotatable bonds is 9. The highest BCUT2D eigenvalue weighted by Crippen LogP contribution is 2.41. The van der Waals surface area contributed by atoms with Gasteiger partial charge in [-0.15, -0.1) is 0 Å². The van der Waals surface area contributed by atoms with Gasteiger partial charge in [-0.3, -0.25) is 9.59 Å². The quantitative estimate of drug-likeness (QED) is 0.197. The van der Waals surface area contributed by atoms with Crippen molar-refractivity contribution < 1.29 is 29.0 Å². The summed E-state index contributed by atoms with van der Waals surface area (Å²) >= 11 is 0. The second-order valence-electron chi connectivity index (χ2n) is 8.77. The number of carbonyl (C=O) groups is 3. The predicted octanol–water partition coefficient (Wildman–Crippen LogP) is 3.53. The Balaban J connectivity index is 1.79. The molecule has 1 aromatic carbocycles. The number of hydrogen-bond donors (Lipinski definition) is 2. The number of aromatic nitrogens is 3. The first-order valence-electron chi connectivity index (χ1n) is 12.0. The third-order valence-electron chi connectivity index (χ3n) is 6.49. The van der Waals surface area contributed by atoms with Crippen molar-refractivity contribution >= 4 is 23.4 Å². The number of nitrogens with one attached hydrogen (secondary N) is 1. The summed E-state index contributed by atoms with van der Waals surface area (Å²) < 4.78 is 12.3. The molecule has 0 radical (unpaired) electrons. The molecule has 1 amide bonds. The highest BCUT2D eigenvalue weighted by atomic mass is 16.5. The second-order valence-corrected chi connectivity index (χ2v) is 8.77. The van der Waals surface area contributed by atoms with Crippen molar-refractivity contribution in [3.8, 4) is 5.75 Å². The molecule has 3 heterocycles. The van der Waals surface area contributed by atoms with Crippen LogP contribution in [0.1, 0.15) is 52.3 Å². The Kier molecular flexibility index (Phi) is 7.47. The van der Waals surface area contributed by atoms with Gasteiger partial charge in [0.15, 0.2) is 0 Å². The summed E-state index contributed by atoms with van der Waals surface area (Å²) in [5.74, 6) is -1.74. The van der Waals surface area contributed by atoms with E-state index in [9.17, 15) is 19.5 Å². The number of ether oxygens (including phenoxy) is 2. The summed E-state index contributed by atoms with van der Waals surface area (Å²) in [5, 5.41) is 11.5. The number of ketones is 1. The number of H-pyrrole nitrogens is 1. The van der Waals surface area contributed by atoms with E-state index in [0.29, 0.717) is 47.7 Å². The van der Waals surface area contributed by atoms with Crippen molar-refractivity contribution in [2.45, 2.75) is 39.8 Å². The van der Waals surface area contributed by atoms with Gasteiger partial charge in [0.25, 0.3) is 11.7 Å². The number of esters is 1. The lowest BCUT2D eigenvalue weighted by atomic mass is 9.94. The van der Waals surface area contributed by atoms with Crippen LogP contribution in [0.2, 0.25) is 0 Å². The Hall–Kier alpha value is -4.34. The Labute approximate surface area is 214 Å². The normalized spacial score (nSPS) is 16.9. The Morgan fingerprint density at radius 3 is 2.51 bits per heavy atom. The van der Waals surface area contributed by atoms with Crippen molar-refractivity contribution in [3.63, 3.8) is 0 Å². The molecule has 0 bridgehead atoms. The molecule has 10 heteroatoms. The van der Waals surface area contributed by atoms with Crippen LogP contribution in [0.25, 0.3) is 5.76 Å². The maximum Gasteiger partial charge on any atom is 0.354 e. The zero-order chi connectivity index (χ0) is 26.7. The summed E-state index contributed by atoms with van der Waals surface area (Å²) in [4.78, 5) is 47.2. The average Bonchev–Trinajstić information content (AvgIpc) is 3.57. The van der Waals surface area contributed by atoms with Gasteiger partial charge in [-0.05, 0) is 50.5 Å². The standard InChI is InChI=1S/C27H30N4O6/c1-5-37-19-9-7-18(8-10-19)23-21(24(32)20-16(2)22(27(35)36-4)29-17(20)3)25(33)26(34)31(23)13-6-12-30-14-11-28-15-30/h7-11,14-15,23,29,32H,5-6,12-13H2,1-4H3/b24-21+/t23-/m1/s1. The SMILES string of the molecule is CCOc1ccc([C@@H]2/C(=C(\O)c3c(C)[nH]c(C(=O)OC)c3C)C(=O)C(=O)N2CCCn2ccnc2)cc1. The molecule has 194 valence electrons. The fourth-order valence-corrected chi connectivity index (χ4v) is 4.76. The van der Waals surface area contributed by atoms with E-state index in [1.165, 1.54) is 12.0 Å². The molecule has 1 fully saturated rings.